The first-order chi connectivity index (χ1) is 12.2. The predicted octanol–water partition coefficient (Wildman–Crippen LogP) is 1.21. The highest BCUT2D eigenvalue weighted by Gasteiger charge is 2.45. The molecule has 1 aliphatic heterocycles. The average Bonchev–Trinajstić information content (AvgIpc) is 2.61. The number of carbonyl (C=O) groups is 3. The number of nitrogens with one attached hydrogen (secondary N) is 1. The fourth-order valence-electron chi connectivity index (χ4n) is 2.69. The minimum atomic E-state index is -3.98. The summed E-state index contributed by atoms with van der Waals surface area (Å²) in [6.07, 6.45) is 0. The molecule has 0 aliphatic carbocycles. The molecule has 0 unspecified atom stereocenters. The van der Waals surface area contributed by atoms with Crippen LogP contribution < -0.4 is 5.32 Å². The average molecular weight is 374 g/mol. The molecule has 9 heteroatoms. The van der Waals surface area contributed by atoms with Gasteiger partial charge in [-0.25, -0.2) is 13.2 Å². The molecule has 0 aromatic heterocycles. The van der Waals surface area contributed by atoms with Crippen molar-refractivity contribution in [2.45, 2.75) is 10.9 Å². The quantitative estimate of drug-likeness (QED) is 0.779. The molecule has 0 saturated carbocycles. The summed E-state index contributed by atoms with van der Waals surface area (Å²) in [6, 6.07) is 9.45. The lowest BCUT2D eigenvalue weighted by Crippen LogP contribution is -2.53. The van der Waals surface area contributed by atoms with Crippen LogP contribution in [0.25, 0.3) is 0 Å². The van der Waals surface area contributed by atoms with Crippen molar-refractivity contribution in [3.05, 3.63) is 59.7 Å². The lowest BCUT2D eigenvalue weighted by Gasteiger charge is -2.30. The third kappa shape index (κ3) is 2.87. The smallest absolute Gasteiger partial charge is 0.335 e. The van der Waals surface area contributed by atoms with Crippen molar-refractivity contribution in [2.24, 2.45) is 0 Å². The number of aromatic carboxylic acids is 1. The molecule has 8 nitrogen and oxygen atoms in total. The number of fused-ring (bicyclic) bond motifs is 1. The maximum absolute atomic E-state index is 12.6. The second-order valence-electron chi connectivity index (χ2n) is 5.66. The number of rotatable bonds is 3. The zero-order valence-corrected chi connectivity index (χ0v) is 14.4. The van der Waals surface area contributed by atoms with Gasteiger partial charge in [0.1, 0.15) is 0 Å². The first-order valence-electron chi connectivity index (χ1n) is 7.49. The maximum atomic E-state index is 12.6. The first-order valence-corrected chi connectivity index (χ1v) is 8.93. The van der Waals surface area contributed by atoms with Gasteiger partial charge in [0.2, 0.25) is 10.0 Å². The van der Waals surface area contributed by atoms with Crippen molar-refractivity contribution in [3.8, 4) is 0 Å². The van der Waals surface area contributed by atoms with Gasteiger partial charge in [0.25, 0.3) is 5.91 Å². The summed E-state index contributed by atoms with van der Waals surface area (Å²) in [6.45, 7) is 0. The summed E-state index contributed by atoms with van der Waals surface area (Å²) in [5, 5.41) is 11.3. The molecule has 0 bridgehead atoms. The van der Waals surface area contributed by atoms with E-state index in [0.717, 1.165) is 4.31 Å². The fourth-order valence-corrected chi connectivity index (χ4v) is 4.17. The van der Waals surface area contributed by atoms with E-state index in [4.69, 9.17) is 5.11 Å². The van der Waals surface area contributed by atoms with Gasteiger partial charge >= 0.3 is 5.97 Å². The number of nitrogens with zero attached hydrogens (tertiary/aromatic N) is 1. The number of sulfonamides is 1. The number of carboxylic acids is 1. The second kappa shape index (κ2) is 6.36. The molecule has 3 rings (SSSR count). The van der Waals surface area contributed by atoms with E-state index in [1.807, 2.05) is 0 Å². The van der Waals surface area contributed by atoms with Crippen molar-refractivity contribution in [1.82, 2.24) is 4.31 Å². The number of amides is 1. The molecular weight excluding hydrogens is 360 g/mol. The monoisotopic (exact) mass is 374 g/mol. The highest BCUT2D eigenvalue weighted by Crippen LogP contribution is 2.29. The van der Waals surface area contributed by atoms with Crippen molar-refractivity contribution >= 4 is 33.4 Å². The maximum Gasteiger partial charge on any atom is 0.335 e. The Bertz CT molecular complexity index is 1010. The van der Waals surface area contributed by atoms with Crippen molar-refractivity contribution < 1.29 is 27.9 Å². The number of likely N-dealkylation sites (N-methyl/N-ethyl adjacent to an activating group) is 1. The number of benzene rings is 2. The molecular formula is C17H14N2O6S. The number of hydrogen-bond donors (Lipinski definition) is 2. The summed E-state index contributed by atoms with van der Waals surface area (Å²) in [5.74, 6) is -2.57. The minimum absolute atomic E-state index is 0.0327. The molecule has 1 amide bonds. The largest absolute Gasteiger partial charge is 0.478 e. The Morgan fingerprint density at radius 3 is 2.31 bits per heavy atom. The normalized spacial score (nSPS) is 18.8. The van der Waals surface area contributed by atoms with Crippen LogP contribution in [0.5, 0.6) is 0 Å². The molecule has 0 saturated heterocycles. The minimum Gasteiger partial charge on any atom is -0.478 e. The molecule has 134 valence electrons. The molecule has 0 spiro atoms. The summed E-state index contributed by atoms with van der Waals surface area (Å²) in [4.78, 5) is 35.9. The standard InChI is InChI=1S/C17H14N2O6S/c1-19-14(15(20)12-4-2-3-5-13(12)26(19,24)25)16(21)18-11-8-6-10(7-9-11)17(22)23/h2-9,14H,1H3,(H,18,21)(H,22,23)/t14-/m0/s1. The Morgan fingerprint density at radius 2 is 1.69 bits per heavy atom. The second-order valence-corrected chi connectivity index (χ2v) is 7.62. The van der Waals surface area contributed by atoms with Gasteiger partial charge in [-0.15, -0.1) is 0 Å². The molecule has 0 fully saturated rings. The zero-order chi connectivity index (χ0) is 19.1. The van der Waals surface area contributed by atoms with Crippen LogP contribution in [0.3, 0.4) is 0 Å². The SMILES string of the molecule is CN1[C@H](C(=O)Nc2ccc(C(=O)O)cc2)C(=O)c2ccccc2S1(=O)=O. The van der Waals surface area contributed by atoms with Gasteiger partial charge in [-0.3, -0.25) is 9.59 Å². The van der Waals surface area contributed by atoms with Crippen LogP contribution in [0.2, 0.25) is 0 Å². The summed E-state index contributed by atoms with van der Waals surface area (Å²) in [5.41, 5.74) is 0.245. The van der Waals surface area contributed by atoms with E-state index in [9.17, 15) is 22.8 Å². The van der Waals surface area contributed by atoms with E-state index < -0.39 is 33.7 Å². The van der Waals surface area contributed by atoms with Crippen LogP contribution in [0, 0.1) is 0 Å². The van der Waals surface area contributed by atoms with Gasteiger partial charge in [-0.1, -0.05) is 12.1 Å². The van der Waals surface area contributed by atoms with E-state index in [1.165, 1.54) is 55.6 Å². The number of Topliss-reactive ketones (excluding diaryl/α,β-unsaturated/α-hetero) is 1. The molecule has 2 N–H and O–H groups in total. The summed E-state index contributed by atoms with van der Waals surface area (Å²) >= 11 is 0. The number of hydrogen-bond acceptors (Lipinski definition) is 5. The Morgan fingerprint density at radius 1 is 1.08 bits per heavy atom. The third-order valence-electron chi connectivity index (χ3n) is 4.07. The number of carbonyl (C=O) groups excluding carboxylic acids is 2. The van der Waals surface area contributed by atoms with Gasteiger partial charge in [0, 0.05) is 18.3 Å². The van der Waals surface area contributed by atoms with Crippen molar-refractivity contribution in [2.75, 3.05) is 12.4 Å². The van der Waals surface area contributed by atoms with Crippen LogP contribution in [0.1, 0.15) is 20.7 Å². The van der Waals surface area contributed by atoms with E-state index in [-0.39, 0.29) is 21.7 Å². The molecule has 0 radical (unpaired) electrons. The summed E-state index contributed by atoms with van der Waals surface area (Å²) in [7, 11) is -2.82. The van der Waals surface area contributed by atoms with Crippen LogP contribution in [0.15, 0.2) is 53.4 Å². The van der Waals surface area contributed by atoms with E-state index >= 15 is 0 Å². The molecule has 2 aromatic rings. The van der Waals surface area contributed by atoms with Crippen molar-refractivity contribution in [3.63, 3.8) is 0 Å². The Hall–Kier alpha value is -3.04. The van der Waals surface area contributed by atoms with Crippen molar-refractivity contribution in [1.29, 1.82) is 0 Å². The zero-order valence-electron chi connectivity index (χ0n) is 13.5. The van der Waals surface area contributed by atoms with E-state index in [1.54, 1.807) is 0 Å². The Balaban J connectivity index is 1.92. The topological polar surface area (TPSA) is 121 Å². The van der Waals surface area contributed by atoms with Gasteiger partial charge < -0.3 is 10.4 Å². The fraction of sp³-hybridized carbons (Fsp3) is 0.118. The Kier molecular flexibility index (Phi) is 4.34. The van der Waals surface area contributed by atoms with Crippen LogP contribution >= 0.6 is 0 Å². The van der Waals surface area contributed by atoms with Gasteiger partial charge in [-0.05, 0) is 36.4 Å². The highest BCUT2D eigenvalue weighted by atomic mass is 32.2. The first kappa shape index (κ1) is 17.8. The molecule has 1 heterocycles. The van der Waals surface area contributed by atoms with E-state index in [2.05, 4.69) is 5.32 Å². The molecule has 26 heavy (non-hydrogen) atoms. The number of ketones is 1. The number of carboxylic acid groups (broad SMARTS) is 1. The molecule has 1 aliphatic rings. The lowest BCUT2D eigenvalue weighted by atomic mass is 10.0. The lowest BCUT2D eigenvalue weighted by molar-refractivity contribution is -0.118. The van der Waals surface area contributed by atoms with Gasteiger partial charge in [0.15, 0.2) is 11.8 Å². The predicted molar refractivity (Wildman–Crippen MR) is 91.5 cm³/mol. The van der Waals surface area contributed by atoms with Gasteiger partial charge in [-0.2, -0.15) is 4.31 Å². The number of anilines is 1. The van der Waals surface area contributed by atoms with Crippen LogP contribution in [-0.4, -0.2) is 48.6 Å². The van der Waals surface area contributed by atoms with Gasteiger partial charge in [0.05, 0.1) is 10.5 Å². The summed E-state index contributed by atoms with van der Waals surface area (Å²) < 4.78 is 25.9. The Labute approximate surface area is 149 Å². The van der Waals surface area contributed by atoms with Crippen LogP contribution in [-0.2, 0) is 14.8 Å². The van der Waals surface area contributed by atoms with Crippen LogP contribution in [0.4, 0.5) is 5.69 Å². The molecule has 1 atom stereocenters. The van der Waals surface area contributed by atoms with E-state index in [0.29, 0.717) is 0 Å². The highest BCUT2D eigenvalue weighted by molar-refractivity contribution is 7.89. The third-order valence-corrected chi connectivity index (χ3v) is 5.95. The molecule has 2 aromatic carbocycles.